The number of hydrogen-bond donors (Lipinski definition) is 2. The Hall–Kier alpha value is -0.870. The second-order valence-electron chi connectivity index (χ2n) is 4.20. The van der Waals surface area contributed by atoms with Crippen molar-refractivity contribution in [3.05, 3.63) is 56.7 Å². The van der Waals surface area contributed by atoms with E-state index in [1.165, 1.54) is 9.75 Å². The first-order valence-electron chi connectivity index (χ1n) is 6.02. The van der Waals surface area contributed by atoms with Gasteiger partial charge in [-0.3, -0.25) is 11.3 Å². The normalized spacial score (nSPS) is 12.6. The van der Waals surface area contributed by atoms with Crippen LogP contribution in [-0.4, -0.2) is 0 Å². The quantitative estimate of drug-likeness (QED) is 0.647. The topological polar surface area (TPSA) is 38.0 Å². The van der Waals surface area contributed by atoms with Crippen LogP contribution >= 0.6 is 22.9 Å². The van der Waals surface area contributed by atoms with Gasteiger partial charge in [-0.05, 0) is 36.2 Å². The molecule has 0 saturated carbocycles. The fourth-order valence-electron chi connectivity index (χ4n) is 1.92. The Morgan fingerprint density at radius 1 is 1.28 bits per heavy atom. The van der Waals surface area contributed by atoms with Crippen LogP contribution in [0.3, 0.4) is 0 Å². The zero-order valence-corrected chi connectivity index (χ0v) is 11.9. The number of halogens is 1. The lowest BCUT2D eigenvalue weighted by molar-refractivity contribution is 0.555. The van der Waals surface area contributed by atoms with Crippen LogP contribution in [0.2, 0.25) is 5.02 Å². The Bertz CT molecular complexity index is 510. The number of nitrogens with two attached hydrogens (primary N) is 1. The first kappa shape index (κ1) is 13.6. The third-order valence-corrected chi connectivity index (χ3v) is 4.41. The summed E-state index contributed by atoms with van der Waals surface area (Å²) in [6.07, 6.45) is 1.98. The van der Waals surface area contributed by atoms with E-state index in [1.807, 2.05) is 35.6 Å². The van der Waals surface area contributed by atoms with E-state index in [0.29, 0.717) is 0 Å². The molecule has 1 aromatic heterocycles. The molecule has 2 aromatic rings. The Balaban J connectivity index is 2.14. The molecule has 0 fully saturated rings. The molecule has 0 amide bonds. The molecule has 1 heterocycles. The van der Waals surface area contributed by atoms with E-state index >= 15 is 0 Å². The lowest BCUT2D eigenvalue weighted by Crippen LogP contribution is -2.29. The summed E-state index contributed by atoms with van der Waals surface area (Å²) < 4.78 is 0. The van der Waals surface area contributed by atoms with E-state index in [9.17, 15) is 0 Å². The maximum absolute atomic E-state index is 6.01. The van der Waals surface area contributed by atoms with Gasteiger partial charge in [0.1, 0.15) is 0 Å². The molecule has 1 atom stereocenters. The first-order valence-corrected chi connectivity index (χ1v) is 7.21. The molecule has 0 spiro atoms. The molecule has 0 bridgehead atoms. The molecule has 1 aromatic carbocycles. The van der Waals surface area contributed by atoms with Gasteiger partial charge in [0.25, 0.3) is 0 Å². The molecular weight excluding hydrogens is 264 g/mol. The third-order valence-electron chi connectivity index (χ3n) is 2.92. The Kier molecular flexibility index (Phi) is 4.78. The van der Waals surface area contributed by atoms with Gasteiger partial charge in [-0.1, -0.05) is 30.7 Å². The van der Waals surface area contributed by atoms with Crippen LogP contribution in [0.25, 0.3) is 0 Å². The largest absolute Gasteiger partial charge is 0.271 e. The van der Waals surface area contributed by atoms with Crippen molar-refractivity contribution in [2.75, 3.05) is 0 Å². The summed E-state index contributed by atoms with van der Waals surface area (Å²) in [5, 5.41) is 0.744. The summed E-state index contributed by atoms with van der Waals surface area (Å²) in [5.74, 6) is 5.65. The fourth-order valence-corrected chi connectivity index (χ4v) is 3.12. The maximum Gasteiger partial charge on any atom is 0.0508 e. The van der Waals surface area contributed by atoms with Crippen molar-refractivity contribution in [3.63, 3.8) is 0 Å². The number of benzene rings is 1. The van der Waals surface area contributed by atoms with Crippen LogP contribution in [0.1, 0.15) is 28.3 Å². The second kappa shape index (κ2) is 6.34. The molecule has 4 heteroatoms. The third kappa shape index (κ3) is 3.33. The van der Waals surface area contributed by atoms with Crippen molar-refractivity contribution >= 4 is 22.9 Å². The summed E-state index contributed by atoms with van der Waals surface area (Å²) in [6.45, 7) is 2.17. The summed E-state index contributed by atoms with van der Waals surface area (Å²) in [7, 11) is 0. The molecule has 0 aliphatic heterocycles. The molecule has 2 nitrogen and oxygen atoms in total. The highest BCUT2D eigenvalue weighted by Gasteiger charge is 2.12. The average molecular weight is 281 g/mol. The molecule has 2 rings (SSSR count). The summed E-state index contributed by atoms with van der Waals surface area (Å²) in [6, 6.07) is 12.3. The number of aryl methyl sites for hydroxylation is 1. The maximum atomic E-state index is 6.01. The van der Waals surface area contributed by atoms with Crippen LogP contribution in [0.15, 0.2) is 36.4 Å². The van der Waals surface area contributed by atoms with E-state index in [0.717, 1.165) is 23.4 Å². The van der Waals surface area contributed by atoms with Gasteiger partial charge >= 0.3 is 0 Å². The minimum Gasteiger partial charge on any atom is -0.271 e. The Labute approximate surface area is 117 Å². The number of hydrazine groups is 1. The predicted molar refractivity (Wildman–Crippen MR) is 78.9 cm³/mol. The van der Waals surface area contributed by atoms with Crippen LogP contribution in [0.5, 0.6) is 0 Å². The Morgan fingerprint density at radius 3 is 2.67 bits per heavy atom. The molecule has 0 radical (unpaired) electrons. The lowest BCUT2D eigenvalue weighted by atomic mass is 10.0. The van der Waals surface area contributed by atoms with Crippen LogP contribution < -0.4 is 11.3 Å². The summed E-state index contributed by atoms with van der Waals surface area (Å²) >= 11 is 7.86. The van der Waals surface area contributed by atoms with Gasteiger partial charge in [-0.15, -0.1) is 11.3 Å². The summed E-state index contributed by atoms with van der Waals surface area (Å²) in [4.78, 5) is 2.75. The monoisotopic (exact) mass is 280 g/mol. The van der Waals surface area contributed by atoms with Gasteiger partial charge < -0.3 is 0 Å². The van der Waals surface area contributed by atoms with Crippen LogP contribution in [0, 0.1) is 0 Å². The number of nitrogens with one attached hydrogen (secondary N) is 1. The SMILES string of the molecule is CCc1ccc(CC(NN)c2cccc(Cl)c2)s1. The number of rotatable bonds is 5. The molecule has 3 N–H and O–H groups in total. The van der Waals surface area contributed by atoms with Crippen molar-refractivity contribution < 1.29 is 0 Å². The second-order valence-corrected chi connectivity index (χ2v) is 5.89. The van der Waals surface area contributed by atoms with Crippen molar-refractivity contribution in [2.24, 2.45) is 5.84 Å². The Morgan fingerprint density at radius 2 is 2.06 bits per heavy atom. The zero-order chi connectivity index (χ0) is 13.0. The van der Waals surface area contributed by atoms with Gasteiger partial charge in [-0.2, -0.15) is 0 Å². The lowest BCUT2D eigenvalue weighted by Gasteiger charge is -2.15. The average Bonchev–Trinajstić information content (AvgIpc) is 2.83. The van der Waals surface area contributed by atoms with E-state index in [1.54, 1.807) is 0 Å². The van der Waals surface area contributed by atoms with Crippen LogP contribution in [0.4, 0.5) is 0 Å². The van der Waals surface area contributed by atoms with Crippen molar-refractivity contribution in [2.45, 2.75) is 25.8 Å². The van der Waals surface area contributed by atoms with Gasteiger partial charge in [-0.25, -0.2) is 0 Å². The van der Waals surface area contributed by atoms with Crippen LogP contribution in [-0.2, 0) is 12.8 Å². The van der Waals surface area contributed by atoms with E-state index in [2.05, 4.69) is 24.5 Å². The van der Waals surface area contributed by atoms with Gasteiger partial charge in [0.2, 0.25) is 0 Å². The molecular formula is C14H17ClN2S. The van der Waals surface area contributed by atoms with Gasteiger partial charge in [0.05, 0.1) is 6.04 Å². The highest BCUT2D eigenvalue weighted by atomic mass is 35.5. The molecule has 0 aliphatic carbocycles. The van der Waals surface area contributed by atoms with Gasteiger partial charge in [0.15, 0.2) is 0 Å². The first-order chi connectivity index (χ1) is 8.72. The summed E-state index contributed by atoms with van der Waals surface area (Å²) in [5.41, 5.74) is 3.99. The predicted octanol–water partition coefficient (Wildman–Crippen LogP) is 3.71. The smallest absolute Gasteiger partial charge is 0.0508 e. The minimum atomic E-state index is 0.104. The van der Waals surface area contributed by atoms with E-state index < -0.39 is 0 Å². The van der Waals surface area contributed by atoms with E-state index in [4.69, 9.17) is 17.4 Å². The highest BCUT2D eigenvalue weighted by Crippen LogP contribution is 2.25. The highest BCUT2D eigenvalue weighted by molar-refractivity contribution is 7.11. The molecule has 96 valence electrons. The van der Waals surface area contributed by atoms with Crippen molar-refractivity contribution in [3.8, 4) is 0 Å². The molecule has 0 saturated heterocycles. The molecule has 0 aliphatic rings. The molecule has 1 unspecified atom stereocenters. The van der Waals surface area contributed by atoms with Crippen molar-refractivity contribution in [1.29, 1.82) is 0 Å². The van der Waals surface area contributed by atoms with Gasteiger partial charge in [0, 0.05) is 21.2 Å². The zero-order valence-electron chi connectivity index (χ0n) is 10.3. The number of thiophene rings is 1. The molecule has 18 heavy (non-hydrogen) atoms. The minimum absolute atomic E-state index is 0.104. The van der Waals surface area contributed by atoms with E-state index in [-0.39, 0.29) is 6.04 Å². The number of hydrogen-bond acceptors (Lipinski definition) is 3. The standard InChI is InChI=1S/C14H17ClN2S/c1-2-12-6-7-13(18-12)9-14(17-16)10-4-3-5-11(15)8-10/h3-8,14,17H,2,9,16H2,1H3. The van der Waals surface area contributed by atoms with Crippen molar-refractivity contribution in [1.82, 2.24) is 5.43 Å². The fraction of sp³-hybridized carbons (Fsp3) is 0.286.